The molecule has 0 aromatic carbocycles. The van der Waals surface area contributed by atoms with E-state index >= 15 is 0 Å². The second kappa shape index (κ2) is 2.98. The number of nitrogens with one attached hydrogen (secondary N) is 1. The Kier molecular flexibility index (Phi) is 2.24. The molecule has 58 valence electrons. The minimum absolute atomic E-state index is 0.0926. The minimum Gasteiger partial charge on any atom is -0.368 e. The van der Waals surface area contributed by atoms with Crippen LogP contribution in [0.4, 0.5) is 0 Å². The topological polar surface area (TPSA) is 58.4 Å². The average Bonchev–Trinajstić information content (AvgIpc) is 2.33. The van der Waals surface area contributed by atoms with Crippen LogP contribution in [0.1, 0.15) is 12.8 Å². The van der Waals surface area contributed by atoms with Crippen molar-refractivity contribution in [1.29, 1.82) is 0 Å². The first-order valence-electron chi connectivity index (χ1n) is 3.49. The third-order valence-electron chi connectivity index (χ3n) is 1.87. The van der Waals surface area contributed by atoms with Crippen LogP contribution in [0.5, 0.6) is 0 Å². The van der Waals surface area contributed by atoms with Crippen molar-refractivity contribution >= 4 is 5.91 Å². The number of nitrogens with two attached hydrogens (primary N) is 1. The van der Waals surface area contributed by atoms with E-state index in [4.69, 9.17) is 5.73 Å². The summed E-state index contributed by atoms with van der Waals surface area (Å²) in [5.74, 6) is -0.230. The lowest BCUT2D eigenvalue weighted by molar-refractivity contribution is -0.123. The highest BCUT2D eigenvalue weighted by atomic mass is 16.1. The van der Waals surface area contributed by atoms with Gasteiger partial charge in [-0.05, 0) is 19.9 Å². The molecule has 0 aliphatic carbocycles. The van der Waals surface area contributed by atoms with E-state index in [1.54, 1.807) is 7.05 Å². The largest absolute Gasteiger partial charge is 0.368 e. The Labute approximate surface area is 60.3 Å². The number of hydrazine groups is 1. The third kappa shape index (κ3) is 1.27. The second-order valence-electron chi connectivity index (χ2n) is 2.48. The van der Waals surface area contributed by atoms with Crippen molar-refractivity contribution in [3.8, 4) is 0 Å². The Morgan fingerprint density at radius 3 is 2.90 bits per heavy atom. The summed E-state index contributed by atoms with van der Waals surface area (Å²) in [6.07, 6.45) is 1.94. The van der Waals surface area contributed by atoms with E-state index in [0.717, 1.165) is 19.4 Å². The van der Waals surface area contributed by atoms with Crippen LogP contribution >= 0.6 is 0 Å². The van der Waals surface area contributed by atoms with Gasteiger partial charge in [0.25, 0.3) is 0 Å². The molecule has 0 bridgehead atoms. The van der Waals surface area contributed by atoms with Crippen LogP contribution in [0.2, 0.25) is 0 Å². The summed E-state index contributed by atoms with van der Waals surface area (Å²) in [6, 6.07) is -0.0926. The number of carbonyl (C=O) groups excluding carboxylic acids is 1. The molecule has 1 rings (SSSR count). The van der Waals surface area contributed by atoms with Crippen molar-refractivity contribution < 1.29 is 4.79 Å². The molecule has 1 aliphatic heterocycles. The van der Waals surface area contributed by atoms with Gasteiger partial charge in [-0.15, -0.1) is 0 Å². The van der Waals surface area contributed by atoms with Crippen molar-refractivity contribution in [1.82, 2.24) is 10.4 Å². The molecule has 0 spiro atoms. The van der Waals surface area contributed by atoms with Crippen LogP contribution in [0.15, 0.2) is 0 Å². The number of carbonyl (C=O) groups is 1. The number of rotatable bonds is 2. The Morgan fingerprint density at radius 1 is 1.80 bits per heavy atom. The van der Waals surface area contributed by atoms with Gasteiger partial charge in [0.05, 0.1) is 0 Å². The monoisotopic (exact) mass is 143 g/mol. The molecule has 3 N–H and O–H groups in total. The van der Waals surface area contributed by atoms with Crippen molar-refractivity contribution in [3.05, 3.63) is 0 Å². The number of hydrogen-bond donors (Lipinski definition) is 2. The lowest BCUT2D eigenvalue weighted by atomic mass is 10.2. The van der Waals surface area contributed by atoms with E-state index in [9.17, 15) is 4.79 Å². The molecular weight excluding hydrogens is 130 g/mol. The average molecular weight is 143 g/mol. The molecule has 1 heterocycles. The van der Waals surface area contributed by atoms with Gasteiger partial charge in [0.2, 0.25) is 5.91 Å². The highest BCUT2D eigenvalue weighted by Crippen LogP contribution is 2.12. The van der Waals surface area contributed by atoms with Gasteiger partial charge >= 0.3 is 0 Å². The molecule has 0 saturated carbocycles. The maximum absolute atomic E-state index is 10.7. The fourth-order valence-corrected chi connectivity index (χ4v) is 1.33. The predicted molar refractivity (Wildman–Crippen MR) is 38.0 cm³/mol. The maximum atomic E-state index is 10.7. The normalized spacial score (nSPS) is 27.1. The van der Waals surface area contributed by atoms with Crippen LogP contribution in [-0.2, 0) is 4.79 Å². The molecular formula is C6H13N3O. The standard InChI is InChI=1S/C6H13N3O/c1-8-9-4-2-3-5(9)6(7)10/h5,8H,2-4H2,1H3,(H2,7,10). The molecule has 4 heteroatoms. The first-order valence-corrected chi connectivity index (χ1v) is 3.49. The fraction of sp³-hybridized carbons (Fsp3) is 0.833. The van der Waals surface area contributed by atoms with E-state index in [2.05, 4.69) is 5.43 Å². The van der Waals surface area contributed by atoms with E-state index < -0.39 is 0 Å². The molecule has 1 atom stereocenters. The van der Waals surface area contributed by atoms with Gasteiger partial charge in [0.15, 0.2) is 0 Å². The van der Waals surface area contributed by atoms with Gasteiger partial charge in [-0.3, -0.25) is 10.2 Å². The summed E-state index contributed by atoms with van der Waals surface area (Å²) in [7, 11) is 1.81. The molecule has 1 fully saturated rings. The van der Waals surface area contributed by atoms with Crippen LogP contribution in [-0.4, -0.2) is 30.6 Å². The van der Waals surface area contributed by atoms with Gasteiger partial charge in [0.1, 0.15) is 6.04 Å². The summed E-state index contributed by atoms with van der Waals surface area (Å²) in [5, 5.41) is 1.88. The Balaban J connectivity index is 2.50. The zero-order valence-corrected chi connectivity index (χ0v) is 6.13. The Hall–Kier alpha value is -0.610. The van der Waals surface area contributed by atoms with Gasteiger partial charge < -0.3 is 5.73 Å². The summed E-state index contributed by atoms with van der Waals surface area (Å²) in [4.78, 5) is 10.7. The van der Waals surface area contributed by atoms with E-state index in [1.165, 1.54) is 0 Å². The number of hydrogen-bond acceptors (Lipinski definition) is 3. The number of amides is 1. The SMILES string of the molecule is CNN1CCCC1C(N)=O. The molecule has 1 amide bonds. The third-order valence-corrected chi connectivity index (χ3v) is 1.87. The summed E-state index contributed by atoms with van der Waals surface area (Å²) in [5.41, 5.74) is 8.07. The van der Waals surface area contributed by atoms with Crippen molar-refractivity contribution in [2.45, 2.75) is 18.9 Å². The lowest BCUT2D eigenvalue weighted by Crippen LogP contribution is -2.46. The molecule has 1 aliphatic rings. The van der Waals surface area contributed by atoms with E-state index in [0.29, 0.717) is 0 Å². The van der Waals surface area contributed by atoms with Crippen LogP contribution < -0.4 is 11.2 Å². The smallest absolute Gasteiger partial charge is 0.236 e. The first kappa shape index (κ1) is 7.50. The molecule has 1 saturated heterocycles. The number of primary amides is 1. The quantitative estimate of drug-likeness (QED) is 0.525. The van der Waals surface area contributed by atoms with Crippen LogP contribution in [0, 0.1) is 0 Å². The van der Waals surface area contributed by atoms with Gasteiger partial charge in [-0.1, -0.05) is 0 Å². The zero-order valence-electron chi connectivity index (χ0n) is 6.13. The molecule has 4 nitrogen and oxygen atoms in total. The van der Waals surface area contributed by atoms with Crippen LogP contribution in [0.3, 0.4) is 0 Å². The summed E-state index contributed by atoms with van der Waals surface area (Å²) >= 11 is 0. The highest BCUT2D eigenvalue weighted by molar-refractivity contribution is 5.80. The van der Waals surface area contributed by atoms with Crippen LogP contribution in [0.25, 0.3) is 0 Å². The molecule has 10 heavy (non-hydrogen) atoms. The van der Waals surface area contributed by atoms with Gasteiger partial charge in [0, 0.05) is 6.54 Å². The van der Waals surface area contributed by atoms with Crippen molar-refractivity contribution in [3.63, 3.8) is 0 Å². The lowest BCUT2D eigenvalue weighted by Gasteiger charge is -2.19. The first-order chi connectivity index (χ1) is 4.75. The molecule has 0 aromatic heterocycles. The highest BCUT2D eigenvalue weighted by Gasteiger charge is 2.27. The van der Waals surface area contributed by atoms with E-state index in [-0.39, 0.29) is 11.9 Å². The summed E-state index contributed by atoms with van der Waals surface area (Å²) < 4.78 is 0. The van der Waals surface area contributed by atoms with E-state index in [1.807, 2.05) is 5.01 Å². The molecule has 1 unspecified atom stereocenters. The Bertz CT molecular complexity index is 137. The second-order valence-corrected chi connectivity index (χ2v) is 2.48. The van der Waals surface area contributed by atoms with Crippen molar-refractivity contribution in [2.75, 3.05) is 13.6 Å². The minimum atomic E-state index is -0.230. The summed E-state index contributed by atoms with van der Waals surface area (Å²) in [6.45, 7) is 0.921. The maximum Gasteiger partial charge on any atom is 0.236 e. The predicted octanol–water partition coefficient (Wildman–Crippen LogP) is -0.929. The van der Waals surface area contributed by atoms with Gasteiger partial charge in [-0.2, -0.15) is 0 Å². The van der Waals surface area contributed by atoms with Crippen molar-refractivity contribution in [2.24, 2.45) is 5.73 Å². The fourth-order valence-electron chi connectivity index (χ4n) is 1.33. The number of nitrogens with zero attached hydrogens (tertiary/aromatic N) is 1. The molecule has 0 aromatic rings. The van der Waals surface area contributed by atoms with Gasteiger partial charge in [-0.25, -0.2) is 5.01 Å². The zero-order chi connectivity index (χ0) is 7.56. The molecule has 0 radical (unpaired) electrons. The Morgan fingerprint density at radius 2 is 2.50 bits per heavy atom.